The van der Waals surface area contributed by atoms with Crippen molar-refractivity contribution in [2.24, 2.45) is 0 Å². The predicted octanol–water partition coefficient (Wildman–Crippen LogP) is 1.49. The zero-order chi connectivity index (χ0) is 14.0. The average molecular weight is 260 g/mol. The van der Waals surface area contributed by atoms with Crippen LogP contribution in [0.4, 0.5) is 0 Å². The van der Waals surface area contributed by atoms with Gasteiger partial charge in [0.15, 0.2) is 0 Å². The molecule has 102 valence electrons. The predicted molar refractivity (Wildman–Crippen MR) is 73.5 cm³/mol. The monoisotopic (exact) mass is 260 g/mol. The smallest absolute Gasteiger partial charge is 0.312 e. The van der Waals surface area contributed by atoms with E-state index in [2.05, 4.69) is 11.4 Å². The molecule has 0 saturated carbocycles. The Morgan fingerprint density at radius 2 is 1.79 bits per heavy atom. The first kappa shape index (κ1) is 13.6. The van der Waals surface area contributed by atoms with E-state index < -0.39 is 11.8 Å². The fourth-order valence-electron chi connectivity index (χ4n) is 2.21. The molecule has 1 aromatic rings. The van der Waals surface area contributed by atoms with E-state index in [0.717, 1.165) is 12.0 Å². The quantitative estimate of drug-likeness (QED) is 0.718. The summed E-state index contributed by atoms with van der Waals surface area (Å²) in [6.45, 7) is 6.72. The maximum atomic E-state index is 12.1. The SMILES string of the molecule is CC(C)(C)NC(=O)C(=O)N1CCc2ccccc2C1. The number of amides is 2. The van der Waals surface area contributed by atoms with Crippen LogP contribution >= 0.6 is 0 Å². The van der Waals surface area contributed by atoms with Crippen molar-refractivity contribution in [1.29, 1.82) is 0 Å². The van der Waals surface area contributed by atoms with Crippen LogP contribution in [-0.4, -0.2) is 28.8 Å². The topological polar surface area (TPSA) is 49.4 Å². The molecule has 0 fully saturated rings. The van der Waals surface area contributed by atoms with Crippen LogP contribution < -0.4 is 5.32 Å². The van der Waals surface area contributed by atoms with Gasteiger partial charge in [-0.2, -0.15) is 0 Å². The van der Waals surface area contributed by atoms with E-state index in [4.69, 9.17) is 0 Å². The number of carbonyl (C=O) groups is 2. The molecule has 1 N–H and O–H groups in total. The summed E-state index contributed by atoms with van der Waals surface area (Å²) in [7, 11) is 0. The third-order valence-electron chi connectivity index (χ3n) is 3.10. The molecule has 1 aromatic carbocycles. The first-order valence-electron chi connectivity index (χ1n) is 6.55. The highest BCUT2D eigenvalue weighted by atomic mass is 16.2. The second-order valence-corrected chi connectivity index (χ2v) is 5.95. The lowest BCUT2D eigenvalue weighted by Crippen LogP contribution is -2.50. The highest BCUT2D eigenvalue weighted by Gasteiger charge is 2.27. The van der Waals surface area contributed by atoms with E-state index >= 15 is 0 Å². The molecule has 0 aliphatic carbocycles. The van der Waals surface area contributed by atoms with Gasteiger partial charge in [-0.25, -0.2) is 0 Å². The van der Waals surface area contributed by atoms with Crippen LogP contribution in [-0.2, 0) is 22.6 Å². The van der Waals surface area contributed by atoms with Crippen molar-refractivity contribution >= 4 is 11.8 Å². The lowest BCUT2D eigenvalue weighted by molar-refractivity contribution is -0.147. The van der Waals surface area contributed by atoms with Crippen LogP contribution in [0, 0.1) is 0 Å². The van der Waals surface area contributed by atoms with Gasteiger partial charge in [0.05, 0.1) is 0 Å². The summed E-state index contributed by atoms with van der Waals surface area (Å²) < 4.78 is 0. The Morgan fingerprint density at radius 3 is 2.42 bits per heavy atom. The van der Waals surface area contributed by atoms with E-state index in [-0.39, 0.29) is 5.54 Å². The Hall–Kier alpha value is -1.84. The van der Waals surface area contributed by atoms with Gasteiger partial charge in [-0.3, -0.25) is 9.59 Å². The molecule has 0 bridgehead atoms. The van der Waals surface area contributed by atoms with Crippen molar-refractivity contribution < 1.29 is 9.59 Å². The zero-order valence-corrected chi connectivity index (χ0v) is 11.7. The molecule has 0 unspecified atom stereocenters. The van der Waals surface area contributed by atoms with E-state index in [1.54, 1.807) is 4.90 Å². The van der Waals surface area contributed by atoms with Gasteiger partial charge in [-0.05, 0) is 38.3 Å². The van der Waals surface area contributed by atoms with Gasteiger partial charge in [-0.1, -0.05) is 24.3 Å². The molecule has 1 aliphatic rings. The van der Waals surface area contributed by atoms with Crippen LogP contribution in [0.25, 0.3) is 0 Å². The first-order valence-corrected chi connectivity index (χ1v) is 6.55. The number of nitrogens with zero attached hydrogens (tertiary/aromatic N) is 1. The molecule has 19 heavy (non-hydrogen) atoms. The molecule has 0 aromatic heterocycles. The van der Waals surface area contributed by atoms with E-state index in [9.17, 15) is 9.59 Å². The Bertz CT molecular complexity index is 503. The number of carbonyl (C=O) groups excluding carboxylic acids is 2. The minimum absolute atomic E-state index is 0.388. The Labute approximate surface area is 113 Å². The summed E-state index contributed by atoms with van der Waals surface area (Å²) >= 11 is 0. The van der Waals surface area contributed by atoms with Crippen LogP contribution in [0.15, 0.2) is 24.3 Å². The number of hydrogen-bond donors (Lipinski definition) is 1. The number of hydrogen-bond acceptors (Lipinski definition) is 2. The van der Waals surface area contributed by atoms with Crippen molar-refractivity contribution in [2.45, 2.75) is 39.3 Å². The fourth-order valence-corrected chi connectivity index (χ4v) is 2.21. The largest absolute Gasteiger partial charge is 0.343 e. The molecule has 2 rings (SSSR count). The Morgan fingerprint density at radius 1 is 1.16 bits per heavy atom. The Balaban J connectivity index is 2.05. The number of rotatable bonds is 0. The Kier molecular flexibility index (Phi) is 3.60. The summed E-state index contributed by atoms with van der Waals surface area (Å²) in [6.07, 6.45) is 0.810. The summed E-state index contributed by atoms with van der Waals surface area (Å²) in [5.41, 5.74) is 2.01. The van der Waals surface area contributed by atoms with Crippen molar-refractivity contribution in [2.75, 3.05) is 6.54 Å². The number of nitrogens with one attached hydrogen (secondary N) is 1. The van der Waals surface area contributed by atoms with E-state index in [1.165, 1.54) is 5.56 Å². The maximum absolute atomic E-state index is 12.1. The van der Waals surface area contributed by atoms with Crippen molar-refractivity contribution in [3.8, 4) is 0 Å². The second kappa shape index (κ2) is 5.03. The van der Waals surface area contributed by atoms with E-state index in [0.29, 0.717) is 13.1 Å². The van der Waals surface area contributed by atoms with Crippen LogP contribution in [0.1, 0.15) is 31.9 Å². The number of benzene rings is 1. The van der Waals surface area contributed by atoms with Crippen molar-refractivity contribution in [1.82, 2.24) is 10.2 Å². The molecular formula is C15H20N2O2. The second-order valence-electron chi connectivity index (χ2n) is 5.95. The third kappa shape index (κ3) is 3.34. The van der Waals surface area contributed by atoms with Gasteiger partial charge in [-0.15, -0.1) is 0 Å². The average Bonchev–Trinajstić information content (AvgIpc) is 2.35. The lowest BCUT2D eigenvalue weighted by Gasteiger charge is -2.29. The minimum atomic E-state index is -0.521. The standard InChI is InChI=1S/C15H20N2O2/c1-15(2,3)16-13(18)14(19)17-9-8-11-6-4-5-7-12(11)10-17/h4-7H,8-10H2,1-3H3,(H,16,18). The van der Waals surface area contributed by atoms with Gasteiger partial charge < -0.3 is 10.2 Å². The fraction of sp³-hybridized carbons (Fsp3) is 0.467. The maximum Gasteiger partial charge on any atom is 0.312 e. The molecule has 0 atom stereocenters. The minimum Gasteiger partial charge on any atom is -0.343 e. The molecule has 0 spiro atoms. The van der Waals surface area contributed by atoms with Crippen molar-refractivity contribution in [3.63, 3.8) is 0 Å². The molecule has 4 heteroatoms. The zero-order valence-electron chi connectivity index (χ0n) is 11.7. The molecular weight excluding hydrogens is 240 g/mol. The third-order valence-corrected chi connectivity index (χ3v) is 3.10. The normalized spacial score (nSPS) is 14.8. The summed E-state index contributed by atoms with van der Waals surface area (Å²) in [4.78, 5) is 25.6. The summed E-state index contributed by atoms with van der Waals surface area (Å²) in [5, 5.41) is 2.71. The summed E-state index contributed by atoms with van der Waals surface area (Å²) in [6, 6.07) is 8.05. The summed E-state index contributed by atoms with van der Waals surface area (Å²) in [5.74, 6) is -0.962. The molecule has 0 radical (unpaired) electrons. The van der Waals surface area contributed by atoms with Crippen LogP contribution in [0.3, 0.4) is 0 Å². The molecule has 0 saturated heterocycles. The lowest BCUT2D eigenvalue weighted by atomic mass is 10.00. The molecule has 4 nitrogen and oxygen atoms in total. The van der Waals surface area contributed by atoms with Gasteiger partial charge in [0.25, 0.3) is 0 Å². The molecule has 1 aliphatic heterocycles. The number of fused-ring (bicyclic) bond motifs is 1. The van der Waals surface area contributed by atoms with E-state index in [1.807, 2.05) is 39.0 Å². The van der Waals surface area contributed by atoms with Gasteiger partial charge >= 0.3 is 11.8 Å². The van der Waals surface area contributed by atoms with Crippen molar-refractivity contribution in [3.05, 3.63) is 35.4 Å². The first-order chi connectivity index (χ1) is 8.87. The van der Waals surface area contributed by atoms with Gasteiger partial charge in [0.2, 0.25) is 0 Å². The molecule has 1 heterocycles. The highest BCUT2D eigenvalue weighted by Crippen LogP contribution is 2.18. The van der Waals surface area contributed by atoms with Crippen LogP contribution in [0.2, 0.25) is 0 Å². The van der Waals surface area contributed by atoms with Gasteiger partial charge in [0, 0.05) is 18.6 Å². The van der Waals surface area contributed by atoms with Crippen LogP contribution in [0.5, 0.6) is 0 Å². The van der Waals surface area contributed by atoms with Gasteiger partial charge in [0.1, 0.15) is 0 Å². The highest BCUT2D eigenvalue weighted by molar-refractivity contribution is 6.35. The molecule has 2 amide bonds.